The van der Waals surface area contributed by atoms with E-state index in [-0.39, 0.29) is 5.41 Å². The Morgan fingerprint density at radius 3 is 2.14 bits per heavy atom. The monoisotopic (exact) mass is 196 g/mol. The lowest BCUT2D eigenvalue weighted by atomic mass is 9.86. The van der Waals surface area contributed by atoms with Crippen LogP contribution in [0.1, 0.15) is 47.5 Å². The van der Waals surface area contributed by atoms with E-state index in [2.05, 4.69) is 40.3 Å². The first kappa shape index (κ1) is 13.4. The smallest absolute Gasteiger partial charge is 0.0800 e. The van der Waals surface area contributed by atoms with E-state index in [0.717, 1.165) is 12.8 Å². The highest BCUT2D eigenvalue weighted by atomic mass is 16.3. The van der Waals surface area contributed by atoms with E-state index in [4.69, 9.17) is 0 Å². The maximum atomic E-state index is 9.69. The largest absolute Gasteiger partial charge is 0.386 e. The van der Waals surface area contributed by atoms with Gasteiger partial charge in [-0.2, -0.15) is 0 Å². The third kappa shape index (κ3) is 5.23. The third-order valence-electron chi connectivity index (χ3n) is 2.72. The first-order valence-corrected chi connectivity index (χ1v) is 5.22. The van der Waals surface area contributed by atoms with E-state index >= 15 is 0 Å². The van der Waals surface area contributed by atoms with Crippen LogP contribution in [0.4, 0.5) is 0 Å². The molecule has 0 aromatic heterocycles. The Balaban J connectivity index is 4.13. The standard InChI is InChI=1S/C13H24O/c1-7-13(6,14)10-8-9-11(2)12(3,4)5/h7,9,14H,1,8,10H2,2-6H3/b11-9+. The molecule has 1 nitrogen and oxygen atoms in total. The topological polar surface area (TPSA) is 20.2 Å². The van der Waals surface area contributed by atoms with Gasteiger partial charge in [-0.3, -0.25) is 0 Å². The van der Waals surface area contributed by atoms with Crippen LogP contribution < -0.4 is 0 Å². The Labute approximate surface area is 88.5 Å². The molecule has 0 aromatic rings. The van der Waals surface area contributed by atoms with Gasteiger partial charge in [0.2, 0.25) is 0 Å². The fourth-order valence-electron chi connectivity index (χ4n) is 0.989. The SMILES string of the molecule is C=CC(C)(O)CC/C=C(\C)C(C)(C)C. The van der Waals surface area contributed by atoms with Crippen LogP contribution in [0.2, 0.25) is 0 Å². The van der Waals surface area contributed by atoms with E-state index in [1.54, 1.807) is 13.0 Å². The van der Waals surface area contributed by atoms with Gasteiger partial charge in [-0.1, -0.05) is 38.5 Å². The third-order valence-corrected chi connectivity index (χ3v) is 2.72. The lowest BCUT2D eigenvalue weighted by Crippen LogP contribution is -2.19. The van der Waals surface area contributed by atoms with E-state index in [9.17, 15) is 5.11 Å². The van der Waals surface area contributed by atoms with Crippen molar-refractivity contribution in [1.82, 2.24) is 0 Å². The summed E-state index contributed by atoms with van der Waals surface area (Å²) in [6, 6.07) is 0. The molecular formula is C13H24O. The molecule has 0 fully saturated rings. The lowest BCUT2D eigenvalue weighted by molar-refractivity contribution is 0.103. The molecule has 0 aliphatic heterocycles. The highest BCUT2D eigenvalue weighted by Crippen LogP contribution is 2.25. The summed E-state index contributed by atoms with van der Waals surface area (Å²) in [6.45, 7) is 14.1. The van der Waals surface area contributed by atoms with Crippen LogP contribution in [0.15, 0.2) is 24.3 Å². The van der Waals surface area contributed by atoms with Crippen molar-refractivity contribution in [3.8, 4) is 0 Å². The Hall–Kier alpha value is -0.560. The summed E-state index contributed by atoms with van der Waals surface area (Å²) < 4.78 is 0. The van der Waals surface area contributed by atoms with Crippen LogP contribution in [0, 0.1) is 5.41 Å². The molecule has 0 rings (SSSR count). The second-order valence-electron chi connectivity index (χ2n) is 5.24. The quantitative estimate of drug-likeness (QED) is 0.680. The molecule has 0 aliphatic rings. The first-order valence-electron chi connectivity index (χ1n) is 5.22. The molecule has 0 radical (unpaired) electrons. The summed E-state index contributed by atoms with van der Waals surface area (Å²) in [5.74, 6) is 0. The minimum absolute atomic E-state index is 0.236. The number of allylic oxidation sites excluding steroid dienone is 2. The average Bonchev–Trinajstić information content (AvgIpc) is 2.02. The van der Waals surface area contributed by atoms with Crippen molar-refractivity contribution in [3.63, 3.8) is 0 Å². The van der Waals surface area contributed by atoms with Crippen LogP contribution in [0.25, 0.3) is 0 Å². The fourth-order valence-corrected chi connectivity index (χ4v) is 0.989. The molecule has 0 spiro atoms. The summed E-state index contributed by atoms with van der Waals surface area (Å²) in [5.41, 5.74) is 0.881. The van der Waals surface area contributed by atoms with Gasteiger partial charge in [-0.05, 0) is 32.1 Å². The van der Waals surface area contributed by atoms with E-state index < -0.39 is 5.60 Å². The van der Waals surface area contributed by atoms with Gasteiger partial charge in [0.15, 0.2) is 0 Å². The van der Waals surface area contributed by atoms with E-state index in [1.807, 2.05) is 0 Å². The van der Waals surface area contributed by atoms with Crippen LogP contribution in [0.3, 0.4) is 0 Å². The van der Waals surface area contributed by atoms with Gasteiger partial charge in [0.25, 0.3) is 0 Å². The van der Waals surface area contributed by atoms with Crippen molar-refractivity contribution in [1.29, 1.82) is 0 Å². The van der Waals surface area contributed by atoms with Gasteiger partial charge in [-0.25, -0.2) is 0 Å². The summed E-state index contributed by atoms with van der Waals surface area (Å²) in [4.78, 5) is 0. The number of hydrogen-bond donors (Lipinski definition) is 1. The van der Waals surface area contributed by atoms with Crippen molar-refractivity contribution in [2.75, 3.05) is 0 Å². The minimum atomic E-state index is -0.728. The van der Waals surface area contributed by atoms with Crippen LogP contribution in [0.5, 0.6) is 0 Å². The zero-order valence-electron chi connectivity index (χ0n) is 10.2. The van der Waals surface area contributed by atoms with Gasteiger partial charge < -0.3 is 5.11 Å². The summed E-state index contributed by atoms with van der Waals surface area (Å²) in [6.07, 6.45) is 5.46. The minimum Gasteiger partial charge on any atom is -0.386 e. The van der Waals surface area contributed by atoms with Crippen LogP contribution in [-0.4, -0.2) is 10.7 Å². The van der Waals surface area contributed by atoms with Crippen molar-refractivity contribution in [3.05, 3.63) is 24.3 Å². The highest BCUT2D eigenvalue weighted by molar-refractivity contribution is 5.08. The Morgan fingerprint density at radius 1 is 1.29 bits per heavy atom. The summed E-state index contributed by atoms with van der Waals surface area (Å²) in [5, 5.41) is 9.69. The first-order chi connectivity index (χ1) is 6.19. The molecule has 1 atom stereocenters. The van der Waals surface area contributed by atoms with Gasteiger partial charge in [0, 0.05) is 0 Å². The Morgan fingerprint density at radius 2 is 1.79 bits per heavy atom. The number of aliphatic hydroxyl groups is 1. The number of hydrogen-bond acceptors (Lipinski definition) is 1. The lowest BCUT2D eigenvalue weighted by Gasteiger charge is -2.21. The molecule has 82 valence electrons. The van der Waals surface area contributed by atoms with Crippen molar-refractivity contribution in [2.24, 2.45) is 5.41 Å². The fraction of sp³-hybridized carbons (Fsp3) is 0.692. The average molecular weight is 196 g/mol. The van der Waals surface area contributed by atoms with Crippen LogP contribution >= 0.6 is 0 Å². The molecule has 0 aliphatic carbocycles. The maximum Gasteiger partial charge on any atom is 0.0800 e. The number of rotatable bonds is 4. The molecule has 0 saturated heterocycles. The summed E-state index contributed by atoms with van der Waals surface area (Å²) in [7, 11) is 0. The normalized spacial score (nSPS) is 17.7. The van der Waals surface area contributed by atoms with Gasteiger partial charge in [0.05, 0.1) is 5.60 Å². The summed E-state index contributed by atoms with van der Waals surface area (Å²) >= 11 is 0. The zero-order valence-corrected chi connectivity index (χ0v) is 10.2. The molecule has 0 heterocycles. The second-order valence-corrected chi connectivity index (χ2v) is 5.24. The molecular weight excluding hydrogens is 172 g/mol. The predicted octanol–water partition coefficient (Wildman–Crippen LogP) is 3.70. The van der Waals surface area contributed by atoms with Crippen molar-refractivity contribution in [2.45, 2.75) is 53.1 Å². The molecule has 1 heteroatoms. The second kappa shape index (κ2) is 4.79. The highest BCUT2D eigenvalue weighted by Gasteiger charge is 2.15. The van der Waals surface area contributed by atoms with Crippen molar-refractivity contribution < 1.29 is 5.11 Å². The van der Waals surface area contributed by atoms with Crippen LogP contribution in [-0.2, 0) is 0 Å². The molecule has 14 heavy (non-hydrogen) atoms. The van der Waals surface area contributed by atoms with E-state index in [1.165, 1.54) is 5.57 Å². The Bertz CT molecular complexity index is 216. The zero-order chi connectivity index (χ0) is 11.4. The molecule has 0 aromatic carbocycles. The Kier molecular flexibility index (Phi) is 4.60. The molecule has 1 N–H and O–H groups in total. The molecule has 1 unspecified atom stereocenters. The maximum absolute atomic E-state index is 9.69. The van der Waals surface area contributed by atoms with Gasteiger partial charge in [-0.15, -0.1) is 6.58 Å². The molecule has 0 saturated carbocycles. The van der Waals surface area contributed by atoms with Crippen molar-refractivity contribution >= 4 is 0 Å². The van der Waals surface area contributed by atoms with Gasteiger partial charge in [0.1, 0.15) is 0 Å². The predicted molar refractivity (Wildman–Crippen MR) is 63.3 cm³/mol. The van der Waals surface area contributed by atoms with E-state index in [0.29, 0.717) is 0 Å². The molecule has 0 amide bonds. The van der Waals surface area contributed by atoms with Gasteiger partial charge >= 0.3 is 0 Å². The molecule has 0 bridgehead atoms.